The van der Waals surface area contributed by atoms with Gasteiger partial charge in [0.25, 0.3) is 0 Å². The zero-order valence-corrected chi connectivity index (χ0v) is 15.7. The van der Waals surface area contributed by atoms with E-state index in [4.69, 9.17) is 5.73 Å². The minimum atomic E-state index is -0.378. The molecular formula is C19H32ClN3O. The number of hydrogen-bond acceptors (Lipinski definition) is 3. The number of benzene rings is 1. The molecule has 3 N–H and O–H groups in total. The molecule has 136 valence electrons. The molecule has 1 aromatic rings. The van der Waals surface area contributed by atoms with Crippen molar-refractivity contribution in [2.75, 3.05) is 20.6 Å². The van der Waals surface area contributed by atoms with E-state index in [1.807, 2.05) is 32.3 Å². The molecule has 1 aliphatic carbocycles. The van der Waals surface area contributed by atoms with E-state index in [2.05, 4.69) is 22.3 Å². The monoisotopic (exact) mass is 353 g/mol. The van der Waals surface area contributed by atoms with E-state index in [9.17, 15) is 4.79 Å². The van der Waals surface area contributed by atoms with Gasteiger partial charge in [-0.05, 0) is 32.0 Å². The van der Waals surface area contributed by atoms with Crippen molar-refractivity contribution in [1.82, 2.24) is 10.2 Å². The van der Waals surface area contributed by atoms with Crippen LogP contribution in [0.15, 0.2) is 30.3 Å². The van der Waals surface area contributed by atoms with Crippen LogP contribution in [-0.2, 0) is 4.79 Å². The molecule has 0 aromatic heterocycles. The third kappa shape index (κ3) is 6.42. The molecule has 0 bridgehead atoms. The molecule has 4 nitrogen and oxygen atoms in total. The van der Waals surface area contributed by atoms with Gasteiger partial charge in [-0.15, -0.1) is 12.4 Å². The molecule has 1 aromatic carbocycles. The first-order valence-corrected chi connectivity index (χ1v) is 8.82. The Balaban J connectivity index is 0.00000288. The SMILES string of the molecule is CN(C)C(CNC(=O)C(N)CC1CCCCC1)c1ccccc1.Cl. The second kappa shape index (κ2) is 10.7. The number of carbonyl (C=O) groups is 1. The van der Waals surface area contributed by atoms with Crippen LogP contribution in [0.3, 0.4) is 0 Å². The number of nitrogens with one attached hydrogen (secondary N) is 1. The summed E-state index contributed by atoms with van der Waals surface area (Å²) >= 11 is 0. The zero-order valence-electron chi connectivity index (χ0n) is 14.9. The number of nitrogens with zero attached hydrogens (tertiary/aromatic N) is 1. The van der Waals surface area contributed by atoms with Gasteiger partial charge in [0.05, 0.1) is 12.1 Å². The lowest BCUT2D eigenvalue weighted by atomic mass is 9.85. The third-order valence-electron chi connectivity index (χ3n) is 4.93. The van der Waals surface area contributed by atoms with Crippen molar-refractivity contribution in [2.24, 2.45) is 11.7 Å². The molecule has 1 aliphatic rings. The Kier molecular flexibility index (Phi) is 9.34. The predicted molar refractivity (Wildman–Crippen MR) is 102 cm³/mol. The predicted octanol–water partition coefficient (Wildman–Crippen LogP) is 3.13. The fraction of sp³-hybridized carbons (Fsp3) is 0.632. The summed E-state index contributed by atoms with van der Waals surface area (Å²) in [5.74, 6) is 0.613. The molecule has 24 heavy (non-hydrogen) atoms. The van der Waals surface area contributed by atoms with E-state index < -0.39 is 0 Å². The molecule has 0 radical (unpaired) electrons. The molecule has 0 aliphatic heterocycles. The van der Waals surface area contributed by atoms with Gasteiger partial charge in [0.15, 0.2) is 0 Å². The van der Waals surface area contributed by atoms with Gasteiger partial charge in [-0.25, -0.2) is 0 Å². The molecule has 0 saturated heterocycles. The van der Waals surface area contributed by atoms with E-state index in [0.717, 1.165) is 6.42 Å². The van der Waals surface area contributed by atoms with E-state index in [0.29, 0.717) is 12.5 Å². The number of halogens is 1. The highest BCUT2D eigenvalue weighted by Crippen LogP contribution is 2.27. The van der Waals surface area contributed by atoms with Gasteiger partial charge in [0, 0.05) is 6.54 Å². The van der Waals surface area contributed by atoms with Crippen molar-refractivity contribution < 1.29 is 4.79 Å². The van der Waals surface area contributed by atoms with Crippen molar-refractivity contribution in [2.45, 2.75) is 50.6 Å². The molecule has 1 fully saturated rings. The van der Waals surface area contributed by atoms with Crippen molar-refractivity contribution in [3.8, 4) is 0 Å². The van der Waals surface area contributed by atoms with Crippen LogP contribution in [0.25, 0.3) is 0 Å². The number of rotatable bonds is 7. The van der Waals surface area contributed by atoms with Crippen LogP contribution in [0.4, 0.5) is 0 Å². The number of hydrogen-bond donors (Lipinski definition) is 2. The summed E-state index contributed by atoms with van der Waals surface area (Å²) in [6.45, 7) is 0.591. The van der Waals surface area contributed by atoms with Gasteiger partial charge in [-0.3, -0.25) is 4.79 Å². The Hall–Kier alpha value is -1.10. The topological polar surface area (TPSA) is 58.4 Å². The molecule has 2 atom stereocenters. The molecule has 5 heteroatoms. The highest BCUT2D eigenvalue weighted by Gasteiger charge is 2.22. The lowest BCUT2D eigenvalue weighted by Crippen LogP contribution is -2.44. The highest BCUT2D eigenvalue weighted by atomic mass is 35.5. The Morgan fingerprint density at radius 1 is 1.21 bits per heavy atom. The largest absolute Gasteiger partial charge is 0.353 e. The van der Waals surface area contributed by atoms with Crippen molar-refractivity contribution in [1.29, 1.82) is 0 Å². The molecular weight excluding hydrogens is 322 g/mol. The van der Waals surface area contributed by atoms with Crippen LogP contribution >= 0.6 is 12.4 Å². The maximum absolute atomic E-state index is 12.3. The number of amides is 1. The molecule has 1 amide bonds. The fourth-order valence-corrected chi connectivity index (χ4v) is 3.49. The summed E-state index contributed by atoms with van der Waals surface area (Å²) in [6, 6.07) is 10.1. The van der Waals surface area contributed by atoms with Gasteiger partial charge in [-0.1, -0.05) is 62.4 Å². The minimum Gasteiger partial charge on any atom is -0.353 e. The first-order chi connectivity index (χ1) is 11.1. The van der Waals surface area contributed by atoms with Gasteiger partial charge in [0.1, 0.15) is 0 Å². The minimum absolute atomic E-state index is 0. The lowest BCUT2D eigenvalue weighted by Gasteiger charge is -2.27. The van der Waals surface area contributed by atoms with Gasteiger partial charge in [-0.2, -0.15) is 0 Å². The third-order valence-corrected chi connectivity index (χ3v) is 4.93. The van der Waals surface area contributed by atoms with Gasteiger partial charge in [0.2, 0.25) is 5.91 Å². The summed E-state index contributed by atoms with van der Waals surface area (Å²) in [5, 5.41) is 3.05. The summed E-state index contributed by atoms with van der Waals surface area (Å²) in [6.07, 6.45) is 7.19. The lowest BCUT2D eigenvalue weighted by molar-refractivity contribution is -0.123. The van der Waals surface area contributed by atoms with Crippen LogP contribution in [0.1, 0.15) is 50.1 Å². The first-order valence-electron chi connectivity index (χ1n) is 8.82. The molecule has 2 unspecified atom stereocenters. The van der Waals surface area contributed by atoms with Crippen molar-refractivity contribution in [3.63, 3.8) is 0 Å². The second-order valence-electron chi connectivity index (χ2n) is 6.98. The molecule has 0 spiro atoms. The molecule has 1 saturated carbocycles. The van der Waals surface area contributed by atoms with Crippen molar-refractivity contribution >= 4 is 18.3 Å². The van der Waals surface area contributed by atoms with E-state index in [1.165, 1.54) is 37.7 Å². The highest BCUT2D eigenvalue weighted by molar-refractivity contribution is 5.85. The van der Waals surface area contributed by atoms with Gasteiger partial charge >= 0.3 is 0 Å². The zero-order chi connectivity index (χ0) is 16.7. The average molecular weight is 354 g/mol. The Labute approximate surface area is 152 Å². The molecule has 0 heterocycles. The summed E-state index contributed by atoms with van der Waals surface area (Å²) < 4.78 is 0. The maximum atomic E-state index is 12.3. The maximum Gasteiger partial charge on any atom is 0.236 e. The number of nitrogens with two attached hydrogens (primary N) is 1. The summed E-state index contributed by atoms with van der Waals surface area (Å²) in [5.41, 5.74) is 7.33. The van der Waals surface area contributed by atoms with Crippen LogP contribution in [-0.4, -0.2) is 37.5 Å². The van der Waals surface area contributed by atoms with Crippen molar-refractivity contribution in [3.05, 3.63) is 35.9 Å². The molecule has 2 rings (SSSR count). The van der Waals surface area contributed by atoms with E-state index in [1.54, 1.807) is 0 Å². The number of likely N-dealkylation sites (N-methyl/N-ethyl adjacent to an activating group) is 1. The van der Waals surface area contributed by atoms with Crippen LogP contribution in [0, 0.1) is 5.92 Å². The second-order valence-corrected chi connectivity index (χ2v) is 6.98. The standard InChI is InChI=1S/C19H31N3O.ClH/c1-22(2)18(16-11-7-4-8-12-16)14-21-19(23)17(20)13-15-9-5-3-6-10-15;/h4,7-8,11-12,15,17-18H,3,5-6,9-10,13-14,20H2,1-2H3,(H,21,23);1H. The van der Waals surface area contributed by atoms with Gasteiger partial charge < -0.3 is 16.0 Å². The van der Waals surface area contributed by atoms with Crippen LogP contribution in [0.2, 0.25) is 0 Å². The van der Waals surface area contributed by atoms with E-state index >= 15 is 0 Å². The smallest absolute Gasteiger partial charge is 0.236 e. The first kappa shape index (κ1) is 20.9. The fourth-order valence-electron chi connectivity index (χ4n) is 3.49. The summed E-state index contributed by atoms with van der Waals surface area (Å²) in [4.78, 5) is 14.4. The van der Waals surface area contributed by atoms with Crippen LogP contribution in [0.5, 0.6) is 0 Å². The Bertz CT molecular complexity index is 475. The summed E-state index contributed by atoms with van der Waals surface area (Å²) in [7, 11) is 4.07. The van der Waals surface area contributed by atoms with Crippen LogP contribution < -0.4 is 11.1 Å². The average Bonchev–Trinajstić information content (AvgIpc) is 2.56. The Morgan fingerprint density at radius 2 is 1.83 bits per heavy atom. The Morgan fingerprint density at radius 3 is 2.42 bits per heavy atom. The normalized spacial score (nSPS) is 17.8. The quantitative estimate of drug-likeness (QED) is 0.791. The number of carbonyl (C=O) groups excluding carboxylic acids is 1. The van der Waals surface area contributed by atoms with E-state index in [-0.39, 0.29) is 30.4 Å².